The summed E-state index contributed by atoms with van der Waals surface area (Å²) in [6.45, 7) is 4.69. The lowest BCUT2D eigenvalue weighted by molar-refractivity contribution is -0.297. The van der Waals surface area contributed by atoms with Crippen LogP contribution in [0.3, 0.4) is 0 Å². The fraction of sp³-hybridized carbons (Fsp3) is 0.333. The number of carbonyl (C=O) groups excluding carboxylic acids is 1. The molecule has 1 aliphatic heterocycles. The number of carboxylic acid groups (broad SMARTS) is 1. The predicted molar refractivity (Wildman–Crippen MR) is 82.8 cm³/mol. The smallest absolute Gasteiger partial charge is 0.175 e. The summed E-state index contributed by atoms with van der Waals surface area (Å²) in [5.41, 5.74) is 1.65. The number of nitrogens with zero attached hydrogens (tertiary/aromatic N) is 4. The molecule has 0 radical (unpaired) electrons. The molecule has 4 heterocycles. The first kappa shape index (κ1) is 14.3. The van der Waals surface area contributed by atoms with Crippen LogP contribution in [0.1, 0.15) is 30.1 Å². The Balaban J connectivity index is 1.94. The first-order valence-corrected chi connectivity index (χ1v) is 7.93. The van der Waals surface area contributed by atoms with Crippen molar-refractivity contribution in [2.75, 3.05) is 0 Å². The number of hydrogen-bond acceptors (Lipinski definition) is 7. The van der Waals surface area contributed by atoms with Crippen molar-refractivity contribution in [3.8, 4) is 0 Å². The summed E-state index contributed by atoms with van der Waals surface area (Å²) in [7, 11) is 0. The van der Waals surface area contributed by atoms with Crippen LogP contribution in [0.15, 0.2) is 12.4 Å². The van der Waals surface area contributed by atoms with Gasteiger partial charge in [-0.05, 0) is 31.6 Å². The number of rotatable bonds is 2. The molecule has 0 atom stereocenters. The van der Waals surface area contributed by atoms with E-state index in [9.17, 15) is 9.90 Å². The highest BCUT2D eigenvalue weighted by atomic mass is 32.1. The van der Waals surface area contributed by atoms with Gasteiger partial charge < -0.3 is 14.6 Å². The van der Waals surface area contributed by atoms with Gasteiger partial charge in [-0.15, -0.1) is 16.4 Å². The third-order valence-electron chi connectivity index (χ3n) is 3.79. The largest absolute Gasteiger partial charge is 0.545 e. The van der Waals surface area contributed by atoms with E-state index in [1.54, 1.807) is 22.2 Å². The second-order valence-electron chi connectivity index (χ2n) is 6.04. The van der Waals surface area contributed by atoms with E-state index < -0.39 is 5.97 Å². The predicted octanol–water partition coefficient (Wildman–Crippen LogP) is 0.953. The first-order chi connectivity index (χ1) is 10.9. The normalized spacial score (nSPS) is 17.1. The Kier molecular flexibility index (Phi) is 3.00. The van der Waals surface area contributed by atoms with Gasteiger partial charge in [-0.25, -0.2) is 14.5 Å². The molecule has 7 nitrogen and oxygen atoms in total. The van der Waals surface area contributed by atoms with Crippen molar-refractivity contribution in [3.05, 3.63) is 28.7 Å². The van der Waals surface area contributed by atoms with Gasteiger partial charge in [0.25, 0.3) is 0 Å². The Labute approximate surface area is 135 Å². The monoisotopic (exact) mass is 329 g/mol. The van der Waals surface area contributed by atoms with Crippen molar-refractivity contribution in [3.63, 3.8) is 0 Å². The van der Waals surface area contributed by atoms with Gasteiger partial charge in [0.1, 0.15) is 11.2 Å². The fourth-order valence-corrected chi connectivity index (χ4v) is 3.84. The highest BCUT2D eigenvalue weighted by Gasteiger charge is 2.30. The van der Waals surface area contributed by atoms with Gasteiger partial charge in [-0.1, -0.05) is 0 Å². The molecule has 0 aromatic carbocycles. The van der Waals surface area contributed by atoms with E-state index in [0.29, 0.717) is 18.1 Å². The molecule has 3 aromatic heterocycles. The Bertz CT molecular complexity index is 970. The van der Waals surface area contributed by atoms with Gasteiger partial charge in [0.2, 0.25) is 0 Å². The zero-order valence-corrected chi connectivity index (χ0v) is 13.4. The molecule has 0 spiro atoms. The Morgan fingerprint density at radius 1 is 1.52 bits per heavy atom. The van der Waals surface area contributed by atoms with Crippen LogP contribution in [-0.2, 0) is 22.6 Å². The van der Waals surface area contributed by atoms with E-state index in [0.717, 1.165) is 27.6 Å². The minimum atomic E-state index is -1.28. The van der Waals surface area contributed by atoms with E-state index in [-0.39, 0.29) is 5.60 Å². The number of carbonyl (C=O) groups is 1. The van der Waals surface area contributed by atoms with Crippen molar-refractivity contribution in [2.24, 2.45) is 0 Å². The molecule has 0 saturated heterocycles. The van der Waals surface area contributed by atoms with Crippen molar-refractivity contribution < 1.29 is 14.6 Å². The van der Waals surface area contributed by atoms with Gasteiger partial charge in [0.05, 0.1) is 23.6 Å². The number of aromatic nitrogens is 4. The molecule has 0 aliphatic carbocycles. The molecule has 3 aromatic rings. The van der Waals surface area contributed by atoms with Crippen molar-refractivity contribution in [1.29, 1.82) is 0 Å². The summed E-state index contributed by atoms with van der Waals surface area (Å²) < 4.78 is 7.44. The second-order valence-corrected chi connectivity index (χ2v) is 7.13. The Morgan fingerprint density at radius 2 is 2.35 bits per heavy atom. The number of ether oxygens (including phenoxy) is 1. The average Bonchev–Trinajstić information content (AvgIpc) is 3.03. The van der Waals surface area contributed by atoms with Gasteiger partial charge in [-0.2, -0.15) is 0 Å². The van der Waals surface area contributed by atoms with Gasteiger partial charge in [-0.3, -0.25) is 0 Å². The number of carboxylic acids is 1. The zero-order valence-electron chi connectivity index (χ0n) is 12.6. The maximum Gasteiger partial charge on any atom is 0.175 e. The SMILES string of the molecule is CC1(C)Cc2c(sc3ncn4nc(/C=C/C(=O)[O-])nc4c23)CO1. The van der Waals surface area contributed by atoms with E-state index in [1.807, 2.05) is 0 Å². The summed E-state index contributed by atoms with van der Waals surface area (Å²) in [4.78, 5) is 21.5. The highest BCUT2D eigenvalue weighted by Crippen LogP contribution is 2.39. The maximum atomic E-state index is 10.5. The summed E-state index contributed by atoms with van der Waals surface area (Å²) in [5, 5.41) is 15.8. The lowest BCUT2D eigenvalue weighted by Gasteiger charge is -2.30. The molecule has 8 heteroatoms. The highest BCUT2D eigenvalue weighted by molar-refractivity contribution is 7.19. The van der Waals surface area contributed by atoms with Crippen molar-refractivity contribution in [1.82, 2.24) is 19.6 Å². The topological polar surface area (TPSA) is 92.4 Å². The lowest BCUT2D eigenvalue weighted by atomic mass is 9.94. The second kappa shape index (κ2) is 4.84. The summed E-state index contributed by atoms with van der Waals surface area (Å²) >= 11 is 1.60. The number of fused-ring (bicyclic) bond motifs is 5. The van der Waals surface area contributed by atoms with Crippen LogP contribution in [0.4, 0.5) is 0 Å². The number of hydrogen-bond donors (Lipinski definition) is 0. The fourth-order valence-electron chi connectivity index (χ4n) is 2.77. The van der Waals surface area contributed by atoms with Crippen LogP contribution in [0, 0.1) is 0 Å². The standard InChI is InChI=1S/C15H14N4O3S/c1-15(2)5-8-9(6-22-15)23-14-12(8)13-17-10(3-4-11(20)21)18-19(13)7-16-14/h3-4,7H,5-6H2,1-2H3,(H,20,21)/p-1/b4-3+. The van der Waals surface area contributed by atoms with Crippen LogP contribution >= 0.6 is 11.3 Å². The minimum absolute atomic E-state index is 0.231. The van der Waals surface area contributed by atoms with Crippen LogP contribution in [-0.4, -0.2) is 31.2 Å². The molecule has 0 N–H and O–H groups in total. The molecule has 4 rings (SSSR count). The van der Waals surface area contributed by atoms with Crippen LogP contribution in [0.2, 0.25) is 0 Å². The summed E-state index contributed by atoms with van der Waals surface area (Å²) in [6, 6.07) is 0. The van der Waals surface area contributed by atoms with Crippen molar-refractivity contribution in [2.45, 2.75) is 32.5 Å². The Morgan fingerprint density at radius 3 is 3.13 bits per heavy atom. The third kappa shape index (κ3) is 2.40. The van der Waals surface area contributed by atoms with E-state index in [2.05, 4.69) is 28.9 Å². The van der Waals surface area contributed by atoms with Gasteiger partial charge in [0, 0.05) is 11.3 Å². The zero-order chi connectivity index (χ0) is 16.2. The first-order valence-electron chi connectivity index (χ1n) is 7.12. The molecule has 0 unspecified atom stereocenters. The van der Waals surface area contributed by atoms with Gasteiger partial charge in [0.15, 0.2) is 11.5 Å². The molecule has 23 heavy (non-hydrogen) atoms. The molecular weight excluding hydrogens is 316 g/mol. The molecule has 1 aliphatic rings. The number of aliphatic carboxylic acids is 1. The van der Waals surface area contributed by atoms with Crippen LogP contribution < -0.4 is 5.11 Å². The third-order valence-corrected chi connectivity index (χ3v) is 4.91. The molecule has 0 fully saturated rings. The quantitative estimate of drug-likeness (QED) is 0.650. The molecule has 0 amide bonds. The lowest BCUT2D eigenvalue weighted by Crippen LogP contribution is -2.31. The van der Waals surface area contributed by atoms with Gasteiger partial charge >= 0.3 is 0 Å². The molecule has 0 saturated carbocycles. The average molecular weight is 329 g/mol. The van der Waals surface area contributed by atoms with Crippen LogP contribution in [0.25, 0.3) is 21.9 Å². The van der Waals surface area contributed by atoms with E-state index >= 15 is 0 Å². The van der Waals surface area contributed by atoms with E-state index in [1.165, 1.54) is 11.6 Å². The summed E-state index contributed by atoms with van der Waals surface area (Å²) in [6.07, 6.45) is 4.61. The molecule has 0 bridgehead atoms. The molecule has 118 valence electrons. The summed E-state index contributed by atoms with van der Waals surface area (Å²) in [5.74, 6) is -0.964. The van der Waals surface area contributed by atoms with E-state index in [4.69, 9.17) is 4.74 Å². The van der Waals surface area contributed by atoms with Crippen molar-refractivity contribution >= 4 is 39.2 Å². The van der Waals surface area contributed by atoms with Crippen LogP contribution in [0.5, 0.6) is 0 Å². The Hall–Kier alpha value is -2.32. The minimum Gasteiger partial charge on any atom is -0.545 e. The molecular formula is C15H13N4O3S-. The maximum absolute atomic E-state index is 10.5. The number of thiophene rings is 1.